The van der Waals surface area contributed by atoms with Crippen LogP contribution in [0.25, 0.3) is 0 Å². The number of aryl methyl sites for hydroxylation is 1. The molecule has 1 aromatic rings. The zero-order valence-electron chi connectivity index (χ0n) is 11.8. The number of hydrogen-bond donors (Lipinski definition) is 1. The Morgan fingerprint density at radius 2 is 1.75 bits per heavy atom. The van der Waals surface area contributed by atoms with Crippen molar-refractivity contribution < 1.29 is 13.2 Å². The number of halogens is 2. The lowest BCUT2D eigenvalue weighted by Crippen LogP contribution is -2.35. The van der Waals surface area contributed by atoms with Crippen LogP contribution in [0.15, 0.2) is 26.0 Å². The van der Waals surface area contributed by atoms with Crippen molar-refractivity contribution in [1.82, 2.24) is 4.72 Å². The third-order valence-corrected chi connectivity index (χ3v) is 5.98. The molecule has 0 atom stereocenters. The summed E-state index contributed by atoms with van der Waals surface area (Å²) in [5, 5.41) is 0. The fourth-order valence-electron chi connectivity index (χ4n) is 1.34. The largest absolute Gasteiger partial charge is 0.298 e. The van der Waals surface area contributed by atoms with Crippen molar-refractivity contribution in [1.29, 1.82) is 0 Å². The molecule has 1 aromatic carbocycles. The maximum atomic E-state index is 12.2. The molecule has 0 bridgehead atoms. The van der Waals surface area contributed by atoms with Crippen LogP contribution in [0.4, 0.5) is 0 Å². The standard InChI is InChI=1S/C13H17Br2NO3S/c1-8-5-10(15)11(6-9(8)14)20(18,19)16-7-12(17)13(2,3)4/h5-6,16H,7H2,1-4H3. The maximum absolute atomic E-state index is 12.2. The molecule has 7 heteroatoms. The van der Waals surface area contributed by atoms with Crippen LogP contribution in [0, 0.1) is 12.3 Å². The number of nitrogens with one attached hydrogen (secondary N) is 1. The summed E-state index contributed by atoms with van der Waals surface area (Å²) in [4.78, 5) is 11.9. The molecule has 20 heavy (non-hydrogen) atoms. The Bertz CT molecular complexity index is 634. The van der Waals surface area contributed by atoms with Gasteiger partial charge in [-0.1, -0.05) is 36.7 Å². The minimum Gasteiger partial charge on any atom is -0.298 e. The third-order valence-electron chi connectivity index (χ3n) is 2.76. The molecule has 0 aliphatic carbocycles. The first-order chi connectivity index (χ1) is 8.95. The van der Waals surface area contributed by atoms with Crippen LogP contribution in [0.1, 0.15) is 26.3 Å². The summed E-state index contributed by atoms with van der Waals surface area (Å²) in [6.07, 6.45) is 0. The highest BCUT2D eigenvalue weighted by molar-refractivity contribution is 9.11. The van der Waals surface area contributed by atoms with Gasteiger partial charge in [0.05, 0.1) is 11.4 Å². The van der Waals surface area contributed by atoms with Crippen LogP contribution >= 0.6 is 31.9 Å². The molecule has 1 N–H and O–H groups in total. The Morgan fingerprint density at radius 3 is 2.25 bits per heavy atom. The van der Waals surface area contributed by atoms with E-state index in [-0.39, 0.29) is 17.2 Å². The molecule has 1 rings (SSSR count). The van der Waals surface area contributed by atoms with Crippen LogP contribution in [0.3, 0.4) is 0 Å². The molecule has 0 fully saturated rings. The van der Waals surface area contributed by atoms with E-state index in [2.05, 4.69) is 36.6 Å². The van der Waals surface area contributed by atoms with Crippen molar-refractivity contribution in [3.05, 3.63) is 26.6 Å². The number of hydrogen-bond acceptors (Lipinski definition) is 3. The monoisotopic (exact) mass is 425 g/mol. The average molecular weight is 427 g/mol. The van der Waals surface area contributed by atoms with E-state index in [1.807, 2.05) is 6.92 Å². The van der Waals surface area contributed by atoms with E-state index in [0.717, 1.165) is 5.56 Å². The Balaban J connectivity index is 3.02. The molecule has 0 saturated carbocycles. The van der Waals surface area contributed by atoms with Crippen molar-refractivity contribution >= 4 is 47.7 Å². The first kappa shape index (κ1) is 17.8. The van der Waals surface area contributed by atoms with Crippen molar-refractivity contribution in [2.45, 2.75) is 32.6 Å². The van der Waals surface area contributed by atoms with Gasteiger partial charge in [-0.25, -0.2) is 13.1 Å². The number of rotatable bonds is 4. The molecule has 0 aromatic heterocycles. The van der Waals surface area contributed by atoms with E-state index in [1.54, 1.807) is 26.8 Å². The van der Waals surface area contributed by atoms with Crippen LogP contribution in [-0.2, 0) is 14.8 Å². The molecule has 4 nitrogen and oxygen atoms in total. The van der Waals surface area contributed by atoms with Crippen LogP contribution < -0.4 is 4.72 Å². The van der Waals surface area contributed by atoms with Gasteiger partial charge < -0.3 is 0 Å². The van der Waals surface area contributed by atoms with Crippen LogP contribution in [-0.4, -0.2) is 20.7 Å². The van der Waals surface area contributed by atoms with E-state index in [1.165, 1.54) is 6.07 Å². The van der Waals surface area contributed by atoms with Crippen molar-refractivity contribution in [2.24, 2.45) is 5.41 Å². The predicted octanol–water partition coefficient (Wildman–Crippen LogP) is 3.41. The van der Waals surface area contributed by atoms with Gasteiger partial charge in [0, 0.05) is 14.4 Å². The molecule has 0 radical (unpaired) electrons. The fourth-order valence-corrected chi connectivity index (χ4v) is 3.99. The molecule has 0 unspecified atom stereocenters. The number of ketones is 1. The Hall–Kier alpha value is -0.240. The summed E-state index contributed by atoms with van der Waals surface area (Å²) in [6, 6.07) is 3.23. The van der Waals surface area contributed by atoms with Gasteiger partial charge in [0.2, 0.25) is 10.0 Å². The second-order valence-electron chi connectivity index (χ2n) is 5.53. The highest BCUT2D eigenvalue weighted by Gasteiger charge is 2.25. The Labute approximate surface area is 136 Å². The van der Waals surface area contributed by atoms with Crippen molar-refractivity contribution in [3.63, 3.8) is 0 Å². The molecule has 112 valence electrons. The summed E-state index contributed by atoms with van der Waals surface area (Å²) in [5.41, 5.74) is 0.342. The number of carbonyl (C=O) groups is 1. The number of sulfonamides is 1. The summed E-state index contributed by atoms with van der Waals surface area (Å²) in [7, 11) is -3.73. The molecule has 0 amide bonds. The predicted molar refractivity (Wildman–Crippen MR) is 86.2 cm³/mol. The smallest absolute Gasteiger partial charge is 0.242 e. The molecular weight excluding hydrogens is 410 g/mol. The number of benzene rings is 1. The first-order valence-electron chi connectivity index (χ1n) is 5.94. The van der Waals surface area contributed by atoms with Gasteiger partial charge in [0.1, 0.15) is 0 Å². The lowest BCUT2D eigenvalue weighted by Gasteiger charge is -2.17. The Morgan fingerprint density at radius 1 is 1.20 bits per heavy atom. The van der Waals surface area contributed by atoms with Crippen molar-refractivity contribution in [3.8, 4) is 0 Å². The fraction of sp³-hybridized carbons (Fsp3) is 0.462. The van der Waals surface area contributed by atoms with Gasteiger partial charge in [-0.2, -0.15) is 0 Å². The van der Waals surface area contributed by atoms with E-state index in [0.29, 0.717) is 8.95 Å². The first-order valence-corrected chi connectivity index (χ1v) is 9.00. The zero-order chi connectivity index (χ0) is 15.7. The zero-order valence-corrected chi connectivity index (χ0v) is 15.7. The lowest BCUT2D eigenvalue weighted by atomic mass is 9.91. The molecule has 0 heterocycles. The summed E-state index contributed by atoms with van der Waals surface area (Å²) in [5.74, 6) is -0.164. The molecular formula is C13H17Br2NO3S. The normalized spacial score (nSPS) is 12.5. The lowest BCUT2D eigenvalue weighted by molar-refractivity contribution is -0.125. The molecule has 0 aliphatic heterocycles. The third kappa shape index (κ3) is 4.38. The second kappa shape index (κ2) is 6.25. The second-order valence-corrected chi connectivity index (χ2v) is 8.97. The van der Waals surface area contributed by atoms with E-state index in [9.17, 15) is 13.2 Å². The van der Waals surface area contributed by atoms with Gasteiger partial charge in [-0.15, -0.1) is 0 Å². The quantitative estimate of drug-likeness (QED) is 0.802. The maximum Gasteiger partial charge on any atom is 0.242 e. The number of carbonyl (C=O) groups excluding carboxylic acids is 1. The van der Waals surface area contributed by atoms with Gasteiger partial charge in [0.25, 0.3) is 0 Å². The van der Waals surface area contributed by atoms with Crippen LogP contribution in [0.5, 0.6) is 0 Å². The summed E-state index contributed by atoms with van der Waals surface area (Å²) in [6.45, 7) is 6.90. The van der Waals surface area contributed by atoms with Gasteiger partial charge >= 0.3 is 0 Å². The van der Waals surface area contributed by atoms with Gasteiger partial charge in [0.15, 0.2) is 5.78 Å². The average Bonchev–Trinajstić information content (AvgIpc) is 2.29. The SMILES string of the molecule is Cc1cc(Br)c(S(=O)(=O)NCC(=O)C(C)(C)C)cc1Br. The number of Topliss-reactive ketones (excluding diaryl/α,β-unsaturated/α-hetero) is 1. The van der Waals surface area contributed by atoms with Gasteiger partial charge in [-0.05, 0) is 40.5 Å². The van der Waals surface area contributed by atoms with E-state index in [4.69, 9.17) is 0 Å². The molecule has 0 aliphatic rings. The van der Waals surface area contributed by atoms with E-state index >= 15 is 0 Å². The van der Waals surface area contributed by atoms with Crippen molar-refractivity contribution in [2.75, 3.05) is 6.54 Å². The minimum absolute atomic E-state index is 0.108. The topological polar surface area (TPSA) is 63.2 Å². The highest BCUT2D eigenvalue weighted by Crippen LogP contribution is 2.28. The summed E-state index contributed by atoms with van der Waals surface area (Å²) >= 11 is 6.54. The van der Waals surface area contributed by atoms with Gasteiger partial charge in [-0.3, -0.25) is 4.79 Å². The summed E-state index contributed by atoms with van der Waals surface area (Å²) < 4.78 is 28.0. The van der Waals surface area contributed by atoms with Crippen LogP contribution in [0.2, 0.25) is 0 Å². The highest BCUT2D eigenvalue weighted by atomic mass is 79.9. The Kier molecular flexibility index (Phi) is 5.57. The minimum atomic E-state index is -3.73. The molecule has 0 saturated heterocycles. The van der Waals surface area contributed by atoms with E-state index < -0.39 is 15.4 Å². The molecule has 0 spiro atoms.